The van der Waals surface area contributed by atoms with E-state index in [-0.39, 0.29) is 33.4 Å². The largest absolute Gasteiger partial charge is 0.482 e. The van der Waals surface area contributed by atoms with E-state index in [0.717, 1.165) is 11.1 Å². The van der Waals surface area contributed by atoms with E-state index in [1.807, 2.05) is 10.9 Å². The second-order valence-corrected chi connectivity index (χ2v) is 11.2. The molecule has 3 N–H and O–H groups in total. The molecule has 0 saturated carbocycles. The number of nitrogen functional groups attached to an aromatic ring is 1. The number of pyridine rings is 1. The molecule has 198 valence electrons. The Kier molecular flexibility index (Phi) is 7.57. The second kappa shape index (κ2) is 10.4. The average molecular weight is 550 g/mol. The first-order chi connectivity index (χ1) is 17.4. The van der Waals surface area contributed by atoms with Crippen molar-refractivity contribution in [2.24, 2.45) is 5.41 Å². The highest BCUT2D eigenvalue weighted by Crippen LogP contribution is 2.39. The molecule has 1 aliphatic rings. The predicted octanol–water partition coefficient (Wildman–Crippen LogP) is 6.84. The zero-order chi connectivity index (χ0) is 27.1. The number of ether oxygens (including phenoxy) is 1. The van der Waals surface area contributed by atoms with Crippen LogP contribution in [0.1, 0.15) is 58.2 Å². The van der Waals surface area contributed by atoms with Crippen LogP contribution in [0.2, 0.25) is 10.0 Å². The monoisotopic (exact) mass is 549 g/mol. The highest BCUT2D eigenvalue weighted by Gasteiger charge is 2.39. The Labute approximate surface area is 225 Å². The van der Waals surface area contributed by atoms with Crippen LogP contribution in [-0.4, -0.2) is 43.5 Å². The number of nitrogens with zero attached hydrogens (tertiary/aromatic N) is 4. The average Bonchev–Trinajstić information content (AvgIpc) is 3.32. The molecule has 3 atom stereocenters. The summed E-state index contributed by atoms with van der Waals surface area (Å²) in [6, 6.07) is 4.30. The topological polar surface area (TPSA) is 106 Å². The van der Waals surface area contributed by atoms with Gasteiger partial charge in [-0.1, -0.05) is 44.0 Å². The summed E-state index contributed by atoms with van der Waals surface area (Å²) in [6.07, 6.45) is 5.03. The summed E-state index contributed by atoms with van der Waals surface area (Å²) in [5, 5.41) is 14.4. The lowest BCUT2D eigenvalue weighted by Gasteiger charge is -2.44. The van der Waals surface area contributed by atoms with Crippen LogP contribution in [-0.2, 0) is 0 Å². The van der Waals surface area contributed by atoms with Gasteiger partial charge < -0.3 is 20.5 Å². The number of carboxylic acid groups (broad SMARTS) is 1. The van der Waals surface area contributed by atoms with Gasteiger partial charge in [0, 0.05) is 46.7 Å². The number of nitrogens with two attached hydrogens (primary N) is 1. The van der Waals surface area contributed by atoms with E-state index in [9.17, 15) is 14.3 Å². The quantitative estimate of drug-likeness (QED) is 0.337. The lowest BCUT2D eigenvalue weighted by Crippen LogP contribution is -2.51. The fourth-order valence-electron chi connectivity index (χ4n) is 4.80. The Hall–Kier alpha value is -3.04. The van der Waals surface area contributed by atoms with Gasteiger partial charge >= 0.3 is 6.09 Å². The van der Waals surface area contributed by atoms with Crippen molar-refractivity contribution in [2.75, 3.05) is 12.3 Å². The summed E-state index contributed by atoms with van der Waals surface area (Å²) < 4.78 is 21.9. The number of rotatable bonds is 5. The molecule has 1 saturated heterocycles. The van der Waals surface area contributed by atoms with Gasteiger partial charge in [-0.3, -0.25) is 4.68 Å². The number of amides is 1. The summed E-state index contributed by atoms with van der Waals surface area (Å²) >= 11 is 12.4. The maximum absolute atomic E-state index is 14.0. The highest BCUT2D eigenvalue weighted by molar-refractivity contribution is 6.36. The summed E-state index contributed by atoms with van der Waals surface area (Å²) in [7, 11) is 0. The fraction of sp³-hybridized carbons (Fsp3) is 0.423. The van der Waals surface area contributed by atoms with Gasteiger partial charge in [0.2, 0.25) is 0 Å². The third kappa shape index (κ3) is 5.62. The lowest BCUT2D eigenvalue weighted by molar-refractivity contribution is 0.0408. The van der Waals surface area contributed by atoms with Crippen molar-refractivity contribution >= 4 is 35.1 Å². The Balaban J connectivity index is 1.56. The zero-order valence-corrected chi connectivity index (χ0v) is 22.6. The number of piperidine rings is 1. The van der Waals surface area contributed by atoms with Crippen LogP contribution in [0.15, 0.2) is 36.8 Å². The molecule has 0 bridgehead atoms. The van der Waals surface area contributed by atoms with Crippen LogP contribution in [0.25, 0.3) is 11.1 Å². The number of halogens is 3. The molecule has 1 aromatic carbocycles. The van der Waals surface area contributed by atoms with Gasteiger partial charge in [0.15, 0.2) is 11.6 Å². The van der Waals surface area contributed by atoms with Crippen LogP contribution in [0.4, 0.5) is 15.0 Å². The van der Waals surface area contributed by atoms with E-state index in [0.29, 0.717) is 30.7 Å². The molecule has 3 aromatic rings. The van der Waals surface area contributed by atoms with Gasteiger partial charge in [-0.25, -0.2) is 14.2 Å². The van der Waals surface area contributed by atoms with E-state index < -0.39 is 18.0 Å². The summed E-state index contributed by atoms with van der Waals surface area (Å²) in [5.74, 6) is -0.121. The van der Waals surface area contributed by atoms with E-state index in [4.69, 9.17) is 33.7 Å². The van der Waals surface area contributed by atoms with Crippen molar-refractivity contribution < 1.29 is 19.0 Å². The molecule has 1 fully saturated rings. The molecule has 1 aliphatic heterocycles. The molecule has 0 radical (unpaired) electrons. The Bertz CT molecular complexity index is 1310. The Morgan fingerprint density at radius 1 is 1.27 bits per heavy atom. The summed E-state index contributed by atoms with van der Waals surface area (Å²) in [6.45, 7) is 8.30. The number of hydrogen-bond donors (Lipinski definition) is 2. The second-order valence-electron chi connectivity index (χ2n) is 10.4. The number of anilines is 1. The van der Waals surface area contributed by atoms with Crippen molar-refractivity contribution in [3.05, 3.63) is 58.2 Å². The van der Waals surface area contributed by atoms with Gasteiger partial charge in [0.1, 0.15) is 11.9 Å². The Morgan fingerprint density at radius 2 is 2.00 bits per heavy atom. The smallest absolute Gasteiger partial charge is 0.407 e. The molecule has 3 heterocycles. The molecule has 4 rings (SSSR count). The molecule has 37 heavy (non-hydrogen) atoms. The fourth-order valence-corrected chi connectivity index (χ4v) is 5.47. The van der Waals surface area contributed by atoms with Gasteiger partial charge in [-0.05, 0) is 43.4 Å². The minimum Gasteiger partial charge on any atom is -0.482 e. The molecule has 8 nitrogen and oxygen atoms in total. The number of carbonyl (C=O) groups is 1. The molecule has 11 heteroatoms. The number of likely N-dealkylation sites (tertiary alicyclic amines) is 1. The molecule has 3 unspecified atom stereocenters. The highest BCUT2D eigenvalue weighted by atomic mass is 35.5. The van der Waals surface area contributed by atoms with Crippen molar-refractivity contribution in [2.45, 2.75) is 58.7 Å². The minimum absolute atomic E-state index is 0.0586. The lowest BCUT2D eigenvalue weighted by atomic mass is 9.79. The summed E-state index contributed by atoms with van der Waals surface area (Å²) in [4.78, 5) is 17.6. The first kappa shape index (κ1) is 27.0. The number of hydrogen-bond acceptors (Lipinski definition) is 5. The first-order valence-electron chi connectivity index (χ1n) is 12.0. The molecular weight excluding hydrogens is 520 g/mol. The molecule has 0 spiro atoms. The van der Waals surface area contributed by atoms with E-state index >= 15 is 0 Å². The van der Waals surface area contributed by atoms with Crippen LogP contribution in [0.3, 0.4) is 0 Å². The van der Waals surface area contributed by atoms with Crippen LogP contribution in [0.5, 0.6) is 5.75 Å². The third-order valence-electron chi connectivity index (χ3n) is 6.80. The van der Waals surface area contributed by atoms with E-state index in [2.05, 4.69) is 30.9 Å². The van der Waals surface area contributed by atoms with Crippen molar-refractivity contribution in [3.63, 3.8) is 0 Å². The van der Waals surface area contributed by atoms with Crippen molar-refractivity contribution in [3.8, 4) is 16.9 Å². The predicted molar refractivity (Wildman–Crippen MR) is 142 cm³/mol. The maximum Gasteiger partial charge on any atom is 0.407 e. The molecule has 2 aromatic heterocycles. The zero-order valence-electron chi connectivity index (χ0n) is 21.1. The number of aromatic nitrogens is 3. The van der Waals surface area contributed by atoms with Gasteiger partial charge in [-0.15, -0.1) is 0 Å². The van der Waals surface area contributed by atoms with Gasteiger partial charge in [0.05, 0.1) is 17.3 Å². The van der Waals surface area contributed by atoms with Crippen molar-refractivity contribution in [1.82, 2.24) is 19.7 Å². The molecule has 1 amide bonds. The third-order valence-corrected chi connectivity index (χ3v) is 7.51. The standard InChI is InChI=1S/C26H30Cl2FN5O3/c1-14(22-18(27)5-6-19(29)23(22)28)37-20-9-15(11-31-24(20)30)16-12-32-34(13-16)17-7-8-33(25(35)36)21(10-17)26(2,3)4/h5-6,9,11-14,17,21H,7-8,10H2,1-4H3,(H2,30,31)(H,35,36). The summed E-state index contributed by atoms with van der Waals surface area (Å²) in [5.41, 5.74) is 7.72. The normalized spacial score (nSPS) is 19.1. The van der Waals surface area contributed by atoms with E-state index in [1.165, 1.54) is 17.0 Å². The van der Waals surface area contributed by atoms with Gasteiger partial charge in [0.25, 0.3) is 0 Å². The van der Waals surface area contributed by atoms with Crippen LogP contribution >= 0.6 is 23.2 Å². The first-order valence-corrected chi connectivity index (χ1v) is 12.7. The van der Waals surface area contributed by atoms with Crippen LogP contribution < -0.4 is 10.5 Å². The molecular formula is C26H30Cl2FN5O3. The number of benzene rings is 1. The van der Waals surface area contributed by atoms with Gasteiger partial charge in [-0.2, -0.15) is 5.10 Å². The SMILES string of the molecule is CC(Oc1cc(-c2cnn(C3CCN(C(=O)O)C(C(C)(C)C)C3)c2)cnc1N)c1c(Cl)ccc(F)c1Cl. The van der Waals surface area contributed by atoms with Crippen LogP contribution in [0, 0.1) is 11.2 Å². The Morgan fingerprint density at radius 3 is 2.68 bits per heavy atom. The molecule has 0 aliphatic carbocycles. The van der Waals surface area contributed by atoms with Crippen molar-refractivity contribution in [1.29, 1.82) is 0 Å². The van der Waals surface area contributed by atoms with E-state index in [1.54, 1.807) is 25.4 Å². The minimum atomic E-state index is -0.893. The maximum atomic E-state index is 14.0.